The molecule has 25 heavy (non-hydrogen) atoms. The first-order valence-electron chi connectivity index (χ1n) is 8.72. The van der Waals surface area contributed by atoms with Crippen LogP contribution in [0, 0.1) is 5.92 Å². The number of hydrogen-bond acceptors (Lipinski definition) is 5. The van der Waals surface area contributed by atoms with Gasteiger partial charge in [-0.1, -0.05) is 37.3 Å². The molecule has 0 bridgehead atoms. The Bertz CT molecular complexity index is 708. The highest BCUT2D eigenvalue weighted by molar-refractivity contribution is 5.77. The minimum Gasteiger partial charge on any atom is -0.480 e. The fourth-order valence-electron chi connectivity index (χ4n) is 3.22. The molecule has 1 aromatic carbocycles. The first kappa shape index (κ1) is 17.2. The van der Waals surface area contributed by atoms with Crippen LogP contribution in [-0.4, -0.2) is 40.2 Å². The first-order chi connectivity index (χ1) is 12.1. The Morgan fingerprint density at radius 2 is 2.16 bits per heavy atom. The van der Waals surface area contributed by atoms with Gasteiger partial charge in [0.2, 0.25) is 0 Å². The lowest BCUT2D eigenvalue weighted by atomic mass is 10.0. The fraction of sp³-hybridized carbons (Fsp3) is 0.421. The van der Waals surface area contributed by atoms with Crippen LogP contribution in [-0.2, 0) is 11.2 Å². The van der Waals surface area contributed by atoms with E-state index in [0.717, 1.165) is 30.9 Å². The number of nitrogens with one attached hydrogen (secondary N) is 1. The van der Waals surface area contributed by atoms with Gasteiger partial charge in [0.25, 0.3) is 0 Å². The van der Waals surface area contributed by atoms with Crippen LogP contribution in [0.2, 0.25) is 0 Å². The third-order valence-corrected chi connectivity index (χ3v) is 4.54. The number of piperidine rings is 1. The normalized spacial score (nSPS) is 18.6. The Balaban J connectivity index is 1.72. The van der Waals surface area contributed by atoms with Gasteiger partial charge in [0.05, 0.1) is 0 Å². The molecule has 0 amide bonds. The zero-order valence-electron chi connectivity index (χ0n) is 14.4. The van der Waals surface area contributed by atoms with E-state index in [9.17, 15) is 9.90 Å². The number of carboxylic acids is 1. The average Bonchev–Trinajstić information content (AvgIpc) is 2.62. The molecule has 1 unspecified atom stereocenters. The van der Waals surface area contributed by atoms with Crippen LogP contribution in [0.25, 0.3) is 0 Å². The van der Waals surface area contributed by atoms with E-state index in [0.29, 0.717) is 18.2 Å². The Labute approximate surface area is 147 Å². The number of rotatable bonds is 6. The molecule has 2 atom stereocenters. The zero-order valence-corrected chi connectivity index (χ0v) is 14.4. The van der Waals surface area contributed by atoms with Gasteiger partial charge >= 0.3 is 5.97 Å². The van der Waals surface area contributed by atoms with Gasteiger partial charge in [0.15, 0.2) is 0 Å². The van der Waals surface area contributed by atoms with E-state index in [2.05, 4.69) is 27.1 Å². The fourth-order valence-corrected chi connectivity index (χ4v) is 3.22. The molecule has 2 heterocycles. The summed E-state index contributed by atoms with van der Waals surface area (Å²) in [6.45, 7) is 4.20. The summed E-state index contributed by atoms with van der Waals surface area (Å²) < 4.78 is 0. The van der Waals surface area contributed by atoms with Crippen molar-refractivity contribution in [2.75, 3.05) is 23.3 Å². The Hall–Kier alpha value is -2.63. The quantitative estimate of drug-likeness (QED) is 0.842. The number of carboxylic acid groups (broad SMARTS) is 1. The van der Waals surface area contributed by atoms with E-state index < -0.39 is 12.0 Å². The van der Waals surface area contributed by atoms with Crippen molar-refractivity contribution in [2.24, 2.45) is 5.92 Å². The number of aromatic nitrogens is 2. The van der Waals surface area contributed by atoms with Crippen molar-refractivity contribution in [1.82, 2.24) is 9.97 Å². The van der Waals surface area contributed by atoms with Gasteiger partial charge in [0.1, 0.15) is 24.0 Å². The summed E-state index contributed by atoms with van der Waals surface area (Å²) in [4.78, 5) is 22.4. The Kier molecular flexibility index (Phi) is 5.48. The predicted octanol–water partition coefficient (Wildman–Crippen LogP) is 2.82. The van der Waals surface area contributed by atoms with Crippen LogP contribution in [0.3, 0.4) is 0 Å². The maximum absolute atomic E-state index is 11.6. The highest BCUT2D eigenvalue weighted by Crippen LogP contribution is 2.22. The molecule has 0 saturated carbocycles. The predicted molar refractivity (Wildman–Crippen MR) is 97.8 cm³/mol. The summed E-state index contributed by atoms with van der Waals surface area (Å²) in [5, 5.41) is 12.6. The molecule has 0 radical (unpaired) electrons. The molecule has 6 heteroatoms. The smallest absolute Gasteiger partial charge is 0.326 e. The Morgan fingerprint density at radius 3 is 2.88 bits per heavy atom. The van der Waals surface area contributed by atoms with E-state index >= 15 is 0 Å². The summed E-state index contributed by atoms with van der Waals surface area (Å²) in [6.07, 6.45) is 4.29. The molecular formula is C19H24N4O2. The molecule has 1 aromatic heterocycles. The molecule has 1 fully saturated rings. The molecule has 132 valence electrons. The second-order valence-corrected chi connectivity index (χ2v) is 6.68. The number of carbonyl (C=O) groups is 1. The molecule has 2 N–H and O–H groups in total. The SMILES string of the molecule is CC1CCCN(c2cc(N[C@H](Cc3ccccc3)C(=O)O)ncn2)C1. The van der Waals surface area contributed by atoms with E-state index in [1.165, 1.54) is 12.7 Å². The van der Waals surface area contributed by atoms with Crippen LogP contribution in [0.5, 0.6) is 0 Å². The molecule has 3 rings (SSSR count). The van der Waals surface area contributed by atoms with Crippen LogP contribution >= 0.6 is 0 Å². The van der Waals surface area contributed by atoms with Crippen molar-refractivity contribution in [1.29, 1.82) is 0 Å². The largest absolute Gasteiger partial charge is 0.480 e. The van der Waals surface area contributed by atoms with Crippen molar-refractivity contribution in [3.63, 3.8) is 0 Å². The number of benzene rings is 1. The van der Waals surface area contributed by atoms with Crippen LogP contribution in [0.15, 0.2) is 42.7 Å². The first-order valence-corrected chi connectivity index (χ1v) is 8.72. The summed E-state index contributed by atoms with van der Waals surface area (Å²) in [5.74, 6) is 1.15. The maximum Gasteiger partial charge on any atom is 0.326 e. The van der Waals surface area contributed by atoms with Crippen molar-refractivity contribution >= 4 is 17.6 Å². The van der Waals surface area contributed by atoms with Crippen LogP contribution in [0.1, 0.15) is 25.3 Å². The maximum atomic E-state index is 11.6. The van der Waals surface area contributed by atoms with Gasteiger partial charge in [-0.15, -0.1) is 0 Å². The van der Waals surface area contributed by atoms with Crippen molar-refractivity contribution in [2.45, 2.75) is 32.2 Å². The van der Waals surface area contributed by atoms with E-state index in [1.54, 1.807) is 0 Å². The van der Waals surface area contributed by atoms with Gasteiger partial charge in [-0.25, -0.2) is 14.8 Å². The molecule has 0 spiro atoms. The molecule has 6 nitrogen and oxygen atoms in total. The van der Waals surface area contributed by atoms with Crippen LogP contribution in [0.4, 0.5) is 11.6 Å². The summed E-state index contributed by atoms with van der Waals surface area (Å²) in [7, 11) is 0. The van der Waals surface area contributed by atoms with Crippen molar-refractivity contribution in [3.05, 3.63) is 48.3 Å². The second kappa shape index (κ2) is 7.96. The van der Waals surface area contributed by atoms with Gasteiger partial charge in [-0.05, 0) is 24.3 Å². The zero-order chi connectivity index (χ0) is 17.6. The van der Waals surface area contributed by atoms with E-state index in [4.69, 9.17) is 0 Å². The second-order valence-electron chi connectivity index (χ2n) is 6.68. The number of aliphatic carboxylic acids is 1. The summed E-state index contributed by atoms with van der Waals surface area (Å²) in [5.41, 5.74) is 0.974. The average molecular weight is 340 g/mol. The Morgan fingerprint density at radius 1 is 1.36 bits per heavy atom. The molecule has 1 aliphatic rings. The monoisotopic (exact) mass is 340 g/mol. The summed E-state index contributed by atoms with van der Waals surface area (Å²) >= 11 is 0. The third kappa shape index (κ3) is 4.68. The van der Waals surface area contributed by atoms with E-state index in [-0.39, 0.29) is 0 Å². The lowest BCUT2D eigenvalue weighted by Crippen LogP contribution is -2.35. The molecule has 1 aliphatic heterocycles. The standard InChI is InChI=1S/C19H24N4O2/c1-14-6-5-9-23(12-14)18-11-17(20-13-21-18)22-16(19(24)25)10-15-7-3-2-4-8-15/h2-4,7-8,11,13-14,16H,5-6,9-10,12H2,1H3,(H,24,25)(H,20,21,22)/t14?,16-/m1/s1. The summed E-state index contributed by atoms with van der Waals surface area (Å²) in [6, 6.07) is 10.7. The highest BCUT2D eigenvalue weighted by atomic mass is 16.4. The van der Waals surface area contributed by atoms with Gasteiger partial charge < -0.3 is 15.3 Å². The van der Waals surface area contributed by atoms with E-state index in [1.807, 2.05) is 36.4 Å². The van der Waals surface area contributed by atoms with Crippen molar-refractivity contribution in [3.8, 4) is 0 Å². The minimum atomic E-state index is -0.893. The number of anilines is 2. The molecule has 0 aliphatic carbocycles. The van der Waals surface area contributed by atoms with Gasteiger partial charge in [-0.2, -0.15) is 0 Å². The molecular weight excluding hydrogens is 316 g/mol. The van der Waals surface area contributed by atoms with Crippen LogP contribution < -0.4 is 10.2 Å². The lowest BCUT2D eigenvalue weighted by molar-refractivity contribution is -0.137. The number of hydrogen-bond donors (Lipinski definition) is 2. The number of nitrogens with zero attached hydrogens (tertiary/aromatic N) is 3. The lowest BCUT2D eigenvalue weighted by Gasteiger charge is -2.31. The minimum absolute atomic E-state index is 0.399. The molecule has 2 aromatic rings. The van der Waals surface area contributed by atoms with Gasteiger partial charge in [-0.3, -0.25) is 0 Å². The topological polar surface area (TPSA) is 78.4 Å². The van der Waals surface area contributed by atoms with Crippen molar-refractivity contribution < 1.29 is 9.90 Å². The molecule has 1 saturated heterocycles. The van der Waals surface area contributed by atoms with Gasteiger partial charge in [0, 0.05) is 25.6 Å². The third-order valence-electron chi connectivity index (χ3n) is 4.54. The highest BCUT2D eigenvalue weighted by Gasteiger charge is 2.21.